The molecule has 1 aromatic heterocycles. The SMILES string of the molecule is CC1CC(C)CC(N)(Cc2ncnn2C(C)C)C1. The van der Waals surface area contributed by atoms with Crippen molar-refractivity contribution in [2.45, 2.75) is 65.0 Å². The molecule has 102 valence electrons. The summed E-state index contributed by atoms with van der Waals surface area (Å²) >= 11 is 0. The molecule has 0 aromatic carbocycles. The quantitative estimate of drug-likeness (QED) is 0.897. The third-order valence-electron chi connectivity index (χ3n) is 3.96. The van der Waals surface area contributed by atoms with Gasteiger partial charge in [-0.2, -0.15) is 5.10 Å². The number of aromatic nitrogens is 3. The van der Waals surface area contributed by atoms with Gasteiger partial charge in [0.25, 0.3) is 0 Å². The molecule has 2 N–H and O–H groups in total. The lowest BCUT2D eigenvalue weighted by molar-refractivity contribution is 0.178. The molecule has 0 spiro atoms. The first-order chi connectivity index (χ1) is 8.39. The Morgan fingerprint density at radius 2 is 2.00 bits per heavy atom. The number of hydrogen-bond donors (Lipinski definition) is 1. The summed E-state index contributed by atoms with van der Waals surface area (Å²) in [7, 11) is 0. The van der Waals surface area contributed by atoms with Gasteiger partial charge in [-0.3, -0.25) is 0 Å². The lowest BCUT2D eigenvalue weighted by Crippen LogP contribution is -2.48. The van der Waals surface area contributed by atoms with Crippen LogP contribution in [0.1, 0.15) is 58.8 Å². The van der Waals surface area contributed by atoms with Crippen molar-refractivity contribution >= 4 is 0 Å². The van der Waals surface area contributed by atoms with E-state index in [2.05, 4.69) is 37.8 Å². The highest BCUT2D eigenvalue weighted by molar-refractivity contribution is 5.01. The number of hydrogen-bond acceptors (Lipinski definition) is 3. The molecule has 0 radical (unpaired) electrons. The van der Waals surface area contributed by atoms with Crippen LogP contribution in [0.5, 0.6) is 0 Å². The van der Waals surface area contributed by atoms with E-state index in [4.69, 9.17) is 5.73 Å². The minimum Gasteiger partial charge on any atom is -0.325 e. The predicted octanol–water partition coefficient (Wildman–Crippen LogP) is 2.56. The van der Waals surface area contributed by atoms with Crippen LogP contribution in [0.4, 0.5) is 0 Å². The van der Waals surface area contributed by atoms with Gasteiger partial charge in [0.05, 0.1) is 0 Å². The molecule has 1 aliphatic rings. The Morgan fingerprint density at radius 1 is 1.39 bits per heavy atom. The minimum atomic E-state index is -0.100. The van der Waals surface area contributed by atoms with Crippen LogP contribution in [0, 0.1) is 11.8 Å². The lowest BCUT2D eigenvalue weighted by Gasteiger charge is -2.40. The Hall–Kier alpha value is -0.900. The third-order valence-corrected chi connectivity index (χ3v) is 3.96. The fraction of sp³-hybridized carbons (Fsp3) is 0.857. The van der Waals surface area contributed by atoms with Gasteiger partial charge in [-0.05, 0) is 44.9 Å². The van der Waals surface area contributed by atoms with Gasteiger partial charge in [-0.1, -0.05) is 13.8 Å². The van der Waals surface area contributed by atoms with Gasteiger partial charge < -0.3 is 5.73 Å². The standard InChI is InChI=1S/C14H26N4/c1-10(2)18-13(16-9-17-18)8-14(15)6-11(3)5-12(4)7-14/h9-12H,5-8,15H2,1-4H3. The van der Waals surface area contributed by atoms with Crippen LogP contribution in [0.3, 0.4) is 0 Å². The van der Waals surface area contributed by atoms with Crippen molar-refractivity contribution in [1.82, 2.24) is 14.8 Å². The zero-order chi connectivity index (χ0) is 13.3. The molecule has 0 bridgehead atoms. The third kappa shape index (κ3) is 2.91. The van der Waals surface area contributed by atoms with E-state index >= 15 is 0 Å². The molecule has 1 aromatic rings. The molecular weight excluding hydrogens is 224 g/mol. The van der Waals surface area contributed by atoms with Gasteiger partial charge in [-0.15, -0.1) is 0 Å². The molecule has 2 unspecified atom stereocenters. The smallest absolute Gasteiger partial charge is 0.138 e. The van der Waals surface area contributed by atoms with Gasteiger partial charge in [0, 0.05) is 18.0 Å². The van der Waals surface area contributed by atoms with E-state index in [0.29, 0.717) is 17.9 Å². The first kappa shape index (κ1) is 13.5. The molecule has 4 nitrogen and oxygen atoms in total. The molecule has 0 aliphatic heterocycles. The zero-order valence-electron chi connectivity index (χ0n) is 12.1. The Morgan fingerprint density at radius 3 is 2.56 bits per heavy atom. The van der Waals surface area contributed by atoms with Crippen molar-refractivity contribution in [3.05, 3.63) is 12.2 Å². The van der Waals surface area contributed by atoms with Gasteiger partial charge in [0.2, 0.25) is 0 Å². The lowest BCUT2D eigenvalue weighted by atomic mass is 9.70. The van der Waals surface area contributed by atoms with Gasteiger partial charge in [0.1, 0.15) is 12.2 Å². The zero-order valence-corrected chi connectivity index (χ0v) is 12.1. The summed E-state index contributed by atoms with van der Waals surface area (Å²) in [5.74, 6) is 2.47. The summed E-state index contributed by atoms with van der Waals surface area (Å²) in [6.45, 7) is 8.88. The Kier molecular flexibility index (Phi) is 3.76. The Labute approximate surface area is 110 Å². The highest BCUT2D eigenvalue weighted by atomic mass is 15.3. The van der Waals surface area contributed by atoms with E-state index in [0.717, 1.165) is 25.1 Å². The highest BCUT2D eigenvalue weighted by Crippen LogP contribution is 2.36. The van der Waals surface area contributed by atoms with E-state index in [-0.39, 0.29) is 5.54 Å². The van der Waals surface area contributed by atoms with Crippen molar-refractivity contribution in [3.63, 3.8) is 0 Å². The van der Waals surface area contributed by atoms with Crippen LogP contribution < -0.4 is 5.73 Å². The monoisotopic (exact) mass is 250 g/mol. The average Bonchev–Trinajstić information content (AvgIpc) is 2.62. The van der Waals surface area contributed by atoms with Gasteiger partial charge in [-0.25, -0.2) is 9.67 Å². The van der Waals surface area contributed by atoms with Crippen molar-refractivity contribution in [1.29, 1.82) is 0 Å². The Balaban J connectivity index is 2.14. The maximum Gasteiger partial charge on any atom is 0.138 e. The molecule has 1 aliphatic carbocycles. The summed E-state index contributed by atoms with van der Waals surface area (Å²) in [4.78, 5) is 4.40. The molecule has 2 rings (SSSR count). The fourth-order valence-corrected chi connectivity index (χ4v) is 3.62. The largest absolute Gasteiger partial charge is 0.325 e. The maximum absolute atomic E-state index is 6.62. The van der Waals surface area contributed by atoms with Crippen molar-refractivity contribution in [3.8, 4) is 0 Å². The summed E-state index contributed by atoms with van der Waals surface area (Å²) in [5.41, 5.74) is 6.52. The summed E-state index contributed by atoms with van der Waals surface area (Å²) in [6.07, 6.45) is 5.99. The number of nitrogens with two attached hydrogens (primary N) is 1. The van der Waals surface area contributed by atoms with Crippen molar-refractivity contribution < 1.29 is 0 Å². The minimum absolute atomic E-state index is 0.100. The van der Waals surface area contributed by atoms with Gasteiger partial charge >= 0.3 is 0 Å². The normalized spacial score (nSPS) is 33.0. The fourth-order valence-electron chi connectivity index (χ4n) is 3.62. The molecule has 0 saturated heterocycles. The molecule has 18 heavy (non-hydrogen) atoms. The van der Waals surface area contributed by atoms with E-state index < -0.39 is 0 Å². The van der Waals surface area contributed by atoms with Crippen molar-refractivity contribution in [2.24, 2.45) is 17.6 Å². The van der Waals surface area contributed by atoms with Crippen LogP contribution in [-0.2, 0) is 6.42 Å². The highest BCUT2D eigenvalue weighted by Gasteiger charge is 2.35. The topological polar surface area (TPSA) is 56.7 Å². The summed E-state index contributed by atoms with van der Waals surface area (Å²) in [6, 6.07) is 0.351. The summed E-state index contributed by atoms with van der Waals surface area (Å²) in [5, 5.41) is 4.30. The van der Waals surface area contributed by atoms with Crippen LogP contribution in [0.2, 0.25) is 0 Å². The first-order valence-electron chi connectivity index (χ1n) is 7.07. The second kappa shape index (κ2) is 5.00. The molecule has 1 heterocycles. The van der Waals surface area contributed by atoms with Crippen LogP contribution >= 0.6 is 0 Å². The van der Waals surface area contributed by atoms with E-state index in [1.165, 1.54) is 6.42 Å². The number of nitrogens with zero attached hydrogens (tertiary/aromatic N) is 3. The first-order valence-corrected chi connectivity index (χ1v) is 7.07. The van der Waals surface area contributed by atoms with Crippen molar-refractivity contribution in [2.75, 3.05) is 0 Å². The number of rotatable bonds is 3. The van der Waals surface area contributed by atoms with Gasteiger partial charge in [0.15, 0.2) is 0 Å². The van der Waals surface area contributed by atoms with Crippen LogP contribution in [0.25, 0.3) is 0 Å². The van der Waals surface area contributed by atoms with E-state index in [1.807, 2.05) is 4.68 Å². The average molecular weight is 250 g/mol. The second-order valence-corrected chi connectivity index (χ2v) is 6.61. The molecular formula is C14H26N4. The van der Waals surface area contributed by atoms with E-state index in [1.54, 1.807) is 6.33 Å². The molecule has 1 fully saturated rings. The molecule has 4 heteroatoms. The Bertz CT molecular complexity index is 386. The van der Waals surface area contributed by atoms with E-state index in [9.17, 15) is 0 Å². The second-order valence-electron chi connectivity index (χ2n) is 6.61. The van der Waals surface area contributed by atoms with Crippen LogP contribution in [-0.4, -0.2) is 20.3 Å². The molecule has 0 amide bonds. The molecule has 1 saturated carbocycles. The van der Waals surface area contributed by atoms with Crippen LogP contribution in [0.15, 0.2) is 6.33 Å². The maximum atomic E-state index is 6.62. The summed E-state index contributed by atoms with van der Waals surface area (Å²) < 4.78 is 2.00. The predicted molar refractivity (Wildman–Crippen MR) is 73.2 cm³/mol. The molecule has 2 atom stereocenters.